The van der Waals surface area contributed by atoms with Crippen molar-refractivity contribution in [2.24, 2.45) is 0 Å². The molecule has 0 aliphatic carbocycles. The van der Waals surface area contributed by atoms with Gasteiger partial charge in [-0.3, -0.25) is 9.88 Å². The number of nitriles is 1. The lowest BCUT2D eigenvalue weighted by Gasteiger charge is -2.26. The van der Waals surface area contributed by atoms with E-state index in [2.05, 4.69) is 55.2 Å². The number of pyridine rings is 1. The van der Waals surface area contributed by atoms with Crippen molar-refractivity contribution in [3.8, 4) is 12.1 Å². The smallest absolute Gasteiger partial charge is 0.316 e. The van der Waals surface area contributed by atoms with Gasteiger partial charge in [-0.2, -0.15) is 10.2 Å². The molecule has 1 aliphatic rings. The van der Waals surface area contributed by atoms with Crippen molar-refractivity contribution in [3.63, 3.8) is 0 Å². The van der Waals surface area contributed by atoms with E-state index in [9.17, 15) is 5.26 Å². The quantitative estimate of drug-likeness (QED) is 0.375. The summed E-state index contributed by atoms with van der Waals surface area (Å²) in [5.74, 6) is -0.588. The summed E-state index contributed by atoms with van der Waals surface area (Å²) in [4.78, 5) is 20.3. The summed E-state index contributed by atoms with van der Waals surface area (Å²) in [6, 6.07) is 14.8. The van der Waals surface area contributed by atoms with Crippen molar-refractivity contribution < 1.29 is 4.74 Å². The number of aromatic nitrogens is 4. The van der Waals surface area contributed by atoms with E-state index in [1.807, 2.05) is 13.0 Å². The summed E-state index contributed by atoms with van der Waals surface area (Å²) in [6.07, 6.45) is 7.31. The molecule has 8 heteroatoms. The SMILES string of the molecule is Cc1nccc2sc(C(C#N)c3ccnc(OCc4cccc(CN5CCCCC5)c4)n3)nc12. The molecule has 1 unspecified atom stereocenters. The van der Waals surface area contributed by atoms with E-state index in [-0.39, 0.29) is 6.01 Å². The van der Waals surface area contributed by atoms with Crippen LogP contribution in [0.5, 0.6) is 6.01 Å². The van der Waals surface area contributed by atoms with Crippen LogP contribution < -0.4 is 4.74 Å². The molecule has 3 aromatic heterocycles. The van der Waals surface area contributed by atoms with Crippen LogP contribution in [0, 0.1) is 18.3 Å². The van der Waals surface area contributed by atoms with Crippen molar-refractivity contribution in [1.29, 1.82) is 5.26 Å². The van der Waals surface area contributed by atoms with Crippen LogP contribution in [0.25, 0.3) is 10.2 Å². The first kappa shape index (κ1) is 22.4. The standard InChI is InChI=1S/C26H26N6OS/c1-18-24-23(9-11-28-18)34-25(31-24)21(15-27)22-8-10-29-26(30-22)33-17-20-7-5-6-19(14-20)16-32-12-3-2-4-13-32/h5-11,14,21H,2-4,12-13,16-17H2,1H3. The Bertz CT molecular complexity index is 1320. The largest absolute Gasteiger partial charge is 0.459 e. The number of thiazole rings is 1. The summed E-state index contributed by atoms with van der Waals surface area (Å²) in [5.41, 5.74) is 4.64. The number of ether oxygens (including phenoxy) is 1. The van der Waals surface area contributed by atoms with Crippen molar-refractivity contribution in [1.82, 2.24) is 24.8 Å². The highest BCUT2D eigenvalue weighted by Gasteiger charge is 2.21. The molecule has 0 N–H and O–H groups in total. The maximum Gasteiger partial charge on any atom is 0.316 e. The number of rotatable bonds is 7. The molecular formula is C26H26N6OS. The molecule has 0 spiro atoms. The molecule has 0 bridgehead atoms. The van der Waals surface area contributed by atoms with Gasteiger partial charge in [0, 0.05) is 18.9 Å². The summed E-state index contributed by atoms with van der Waals surface area (Å²) in [5, 5.41) is 10.6. The third-order valence-electron chi connectivity index (χ3n) is 6.05. The van der Waals surface area contributed by atoms with E-state index in [1.165, 1.54) is 49.3 Å². The molecule has 1 fully saturated rings. The number of fused-ring (bicyclic) bond motifs is 1. The van der Waals surface area contributed by atoms with E-state index >= 15 is 0 Å². The first-order chi connectivity index (χ1) is 16.7. The molecule has 0 radical (unpaired) electrons. The third kappa shape index (κ3) is 5.06. The van der Waals surface area contributed by atoms with Gasteiger partial charge in [-0.15, -0.1) is 11.3 Å². The molecule has 172 valence electrons. The fourth-order valence-electron chi connectivity index (χ4n) is 4.30. The molecule has 1 aromatic carbocycles. The third-order valence-corrected chi connectivity index (χ3v) is 7.13. The van der Waals surface area contributed by atoms with Gasteiger partial charge in [-0.05, 0) is 56.1 Å². The fourth-order valence-corrected chi connectivity index (χ4v) is 5.37. The van der Waals surface area contributed by atoms with Gasteiger partial charge in [0.1, 0.15) is 23.0 Å². The van der Waals surface area contributed by atoms with Gasteiger partial charge in [0.2, 0.25) is 0 Å². The zero-order valence-electron chi connectivity index (χ0n) is 19.1. The van der Waals surface area contributed by atoms with Gasteiger partial charge in [-0.25, -0.2) is 9.97 Å². The Morgan fingerprint density at radius 3 is 2.71 bits per heavy atom. The average Bonchev–Trinajstić information content (AvgIpc) is 3.30. The second kappa shape index (κ2) is 10.2. The van der Waals surface area contributed by atoms with Crippen molar-refractivity contribution in [2.75, 3.05) is 13.1 Å². The van der Waals surface area contributed by atoms with E-state index in [0.29, 0.717) is 17.3 Å². The first-order valence-corrected chi connectivity index (χ1v) is 12.4. The Labute approximate surface area is 203 Å². The monoisotopic (exact) mass is 470 g/mol. The number of hydrogen-bond donors (Lipinski definition) is 0. The maximum atomic E-state index is 9.89. The molecule has 1 saturated heterocycles. The number of nitrogens with zero attached hydrogens (tertiary/aromatic N) is 6. The Morgan fingerprint density at radius 1 is 1.06 bits per heavy atom. The fraction of sp³-hybridized carbons (Fsp3) is 0.346. The highest BCUT2D eigenvalue weighted by molar-refractivity contribution is 7.18. The van der Waals surface area contributed by atoms with E-state index in [1.54, 1.807) is 18.5 Å². The predicted molar refractivity (Wildman–Crippen MR) is 132 cm³/mol. The lowest BCUT2D eigenvalue weighted by Crippen LogP contribution is -2.29. The molecule has 5 rings (SSSR count). The minimum atomic E-state index is -0.588. The molecule has 0 amide bonds. The topological polar surface area (TPSA) is 87.8 Å². The molecular weight excluding hydrogens is 444 g/mol. The second-order valence-corrected chi connectivity index (χ2v) is 9.63. The van der Waals surface area contributed by atoms with Gasteiger partial charge >= 0.3 is 6.01 Å². The Hall–Kier alpha value is -3.41. The molecule has 1 aliphatic heterocycles. The minimum Gasteiger partial charge on any atom is -0.459 e. The Balaban J connectivity index is 1.29. The number of hydrogen-bond acceptors (Lipinski definition) is 8. The summed E-state index contributed by atoms with van der Waals surface area (Å²) in [7, 11) is 0. The van der Waals surface area contributed by atoms with Crippen LogP contribution in [0.15, 0.2) is 48.8 Å². The van der Waals surface area contributed by atoms with Gasteiger partial charge in [-0.1, -0.05) is 30.7 Å². The van der Waals surface area contributed by atoms with Crippen LogP contribution in [0.3, 0.4) is 0 Å². The van der Waals surface area contributed by atoms with E-state index in [4.69, 9.17) is 4.74 Å². The Kier molecular flexibility index (Phi) is 6.74. The van der Waals surface area contributed by atoms with Gasteiger partial charge in [0.15, 0.2) is 0 Å². The molecule has 7 nitrogen and oxygen atoms in total. The van der Waals surface area contributed by atoms with Crippen molar-refractivity contribution in [2.45, 2.75) is 45.3 Å². The second-order valence-electron chi connectivity index (χ2n) is 8.57. The van der Waals surface area contributed by atoms with Crippen LogP contribution in [0.2, 0.25) is 0 Å². The first-order valence-electron chi connectivity index (χ1n) is 11.6. The zero-order chi connectivity index (χ0) is 23.3. The Morgan fingerprint density at radius 2 is 1.88 bits per heavy atom. The number of likely N-dealkylation sites (tertiary alicyclic amines) is 1. The van der Waals surface area contributed by atoms with Gasteiger partial charge < -0.3 is 4.74 Å². The lowest BCUT2D eigenvalue weighted by atomic mass is 10.1. The predicted octanol–water partition coefficient (Wildman–Crippen LogP) is 5.01. The van der Waals surface area contributed by atoms with Crippen LogP contribution >= 0.6 is 11.3 Å². The van der Waals surface area contributed by atoms with Crippen LogP contribution in [0.1, 0.15) is 52.7 Å². The van der Waals surface area contributed by atoms with Gasteiger partial charge in [0.05, 0.1) is 22.2 Å². The minimum absolute atomic E-state index is 0.262. The summed E-state index contributed by atoms with van der Waals surface area (Å²) < 4.78 is 6.93. The highest BCUT2D eigenvalue weighted by atomic mass is 32.1. The normalized spacial score (nSPS) is 15.2. The van der Waals surface area contributed by atoms with E-state index in [0.717, 1.165) is 28.0 Å². The average molecular weight is 471 g/mol. The maximum absolute atomic E-state index is 9.89. The highest BCUT2D eigenvalue weighted by Crippen LogP contribution is 2.31. The molecule has 1 atom stereocenters. The van der Waals surface area contributed by atoms with Crippen LogP contribution in [0.4, 0.5) is 0 Å². The van der Waals surface area contributed by atoms with Crippen LogP contribution in [-0.2, 0) is 13.2 Å². The molecule has 0 saturated carbocycles. The van der Waals surface area contributed by atoms with Gasteiger partial charge in [0.25, 0.3) is 0 Å². The number of benzene rings is 1. The molecule has 34 heavy (non-hydrogen) atoms. The van der Waals surface area contributed by atoms with Crippen LogP contribution in [-0.4, -0.2) is 37.9 Å². The molecule has 4 aromatic rings. The van der Waals surface area contributed by atoms with Crippen molar-refractivity contribution >= 4 is 21.6 Å². The summed E-state index contributed by atoms with van der Waals surface area (Å²) in [6.45, 7) is 5.62. The number of aryl methyl sites for hydroxylation is 1. The lowest BCUT2D eigenvalue weighted by molar-refractivity contribution is 0.220. The van der Waals surface area contributed by atoms with E-state index < -0.39 is 5.92 Å². The zero-order valence-corrected chi connectivity index (χ0v) is 20.0. The number of piperidine rings is 1. The van der Waals surface area contributed by atoms with Crippen molar-refractivity contribution in [3.05, 3.63) is 76.3 Å². The summed E-state index contributed by atoms with van der Waals surface area (Å²) >= 11 is 1.49. The molecule has 4 heterocycles.